The fraction of sp³-hybridized carbons (Fsp3) is 0.0455. The van der Waals surface area contributed by atoms with Crippen molar-refractivity contribution in [3.8, 4) is 17.0 Å². The highest BCUT2D eigenvalue weighted by Gasteiger charge is 2.08. The van der Waals surface area contributed by atoms with Crippen LogP contribution in [-0.2, 0) is 6.61 Å². The van der Waals surface area contributed by atoms with E-state index in [-0.39, 0.29) is 0 Å². The first-order valence-corrected chi connectivity index (χ1v) is 9.78. The number of nitrogens with zero attached hydrogens (tertiary/aromatic N) is 1. The van der Waals surface area contributed by atoms with Gasteiger partial charge in [-0.15, -0.1) is 11.3 Å². The Morgan fingerprint density at radius 2 is 1.74 bits per heavy atom. The van der Waals surface area contributed by atoms with Gasteiger partial charge in [-0.1, -0.05) is 66.2 Å². The monoisotopic (exact) mass is 392 g/mol. The Labute approximate surface area is 167 Å². The van der Waals surface area contributed by atoms with Gasteiger partial charge in [-0.05, 0) is 23.8 Å². The summed E-state index contributed by atoms with van der Waals surface area (Å²) in [6.45, 7) is 0.540. The van der Waals surface area contributed by atoms with Crippen LogP contribution in [0, 0.1) is 0 Å². The van der Waals surface area contributed by atoms with Gasteiger partial charge in [-0.3, -0.25) is 0 Å². The fourth-order valence-corrected chi connectivity index (χ4v) is 3.62. The van der Waals surface area contributed by atoms with Crippen LogP contribution >= 0.6 is 22.9 Å². The number of ether oxygens (including phenoxy) is 1. The van der Waals surface area contributed by atoms with Gasteiger partial charge in [0.25, 0.3) is 0 Å². The van der Waals surface area contributed by atoms with Gasteiger partial charge >= 0.3 is 0 Å². The minimum absolute atomic E-state index is 0.540. The molecule has 0 bridgehead atoms. The number of aromatic nitrogens is 1. The van der Waals surface area contributed by atoms with Crippen molar-refractivity contribution in [2.45, 2.75) is 6.61 Å². The lowest BCUT2D eigenvalue weighted by atomic mass is 10.2. The number of hydrogen-bond donors (Lipinski definition) is 1. The second-order valence-corrected chi connectivity index (χ2v) is 7.21. The van der Waals surface area contributed by atoms with Gasteiger partial charge in [0.05, 0.1) is 5.69 Å². The Hall–Kier alpha value is -2.82. The lowest BCUT2D eigenvalue weighted by Gasteiger charge is -2.08. The van der Waals surface area contributed by atoms with Crippen molar-refractivity contribution in [2.75, 3.05) is 5.32 Å². The molecule has 3 aromatic carbocycles. The van der Waals surface area contributed by atoms with Gasteiger partial charge in [0.15, 0.2) is 5.13 Å². The van der Waals surface area contributed by atoms with Gasteiger partial charge in [-0.2, -0.15) is 0 Å². The van der Waals surface area contributed by atoms with E-state index >= 15 is 0 Å². The SMILES string of the molecule is Clc1ccccc1-c1csc(Nc2cccc(OCc3ccccc3)c2)n1. The molecule has 27 heavy (non-hydrogen) atoms. The molecule has 0 aliphatic rings. The van der Waals surface area contributed by atoms with E-state index in [1.54, 1.807) is 11.3 Å². The lowest BCUT2D eigenvalue weighted by molar-refractivity contribution is 0.306. The summed E-state index contributed by atoms with van der Waals surface area (Å²) < 4.78 is 5.89. The number of benzene rings is 3. The van der Waals surface area contributed by atoms with Crippen LogP contribution in [0.4, 0.5) is 10.8 Å². The maximum Gasteiger partial charge on any atom is 0.187 e. The van der Waals surface area contributed by atoms with Crippen LogP contribution in [0.15, 0.2) is 84.2 Å². The zero-order valence-electron chi connectivity index (χ0n) is 14.4. The first-order chi connectivity index (χ1) is 13.3. The van der Waals surface area contributed by atoms with Gasteiger partial charge in [0, 0.05) is 27.7 Å². The normalized spacial score (nSPS) is 10.6. The van der Waals surface area contributed by atoms with Crippen LogP contribution in [0.5, 0.6) is 5.75 Å². The van der Waals surface area contributed by atoms with Crippen molar-refractivity contribution in [1.29, 1.82) is 0 Å². The summed E-state index contributed by atoms with van der Waals surface area (Å²) in [6.07, 6.45) is 0. The molecule has 0 saturated carbocycles. The standard InChI is InChI=1S/C22H17ClN2OS/c23-20-12-5-4-11-19(20)21-15-27-22(25-21)24-17-9-6-10-18(13-17)26-14-16-7-2-1-3-8-16/h1-13,15H,14H2,(H,24,25). The van der Waals surface area contributed by atoms with Crippen LogP contribution < -0.4 is 10.1 Å². The van der Waals surface area contributed by atoms with E-state index in [1.807, 2.05) is 84.2 Å². The zero-order chi connectivity index (χ0) is 18.5. The third-order valence-electron chi connectivity index (χ3n) is 3.99. The summed E-state index contributed by atoms with van der Waals surface area (Å²) in [5.74, 6) is 0.812. The second-order valence-electron chi connectivity index (χ2n) is 5.94. The van der Waals surface area contributed by atoms with Crippen molar-refractivity contribution in [2.24, 2.45) is 0 Å². The topological polar surface area (TPSA) is 34.1 Å². The third kappa shape index (κ3) is 4.48. The lowest BCUT2D eigenvalue weighted by Crippen LogP contribution is -1.96. The summed E-state index contributed by atoms with van der Waals surface area (Å²) in [5, 5.41) is 6.85. The van der Waals surface area contributed by atoms with Crippen molar-refractivity contribution >= 4 is 33.8 Å². The van der Waals surface area contributed by atoms with E-state index in [2.05, 4.69) is 10.3 Å². The Bertz CT molecular complexity index is 1030. The number of thiazole rings is 1. The molecule has 0 fully saturated rings. The molecular weight excluding hydrogens is 376 g/mol. The largest absolute Gasteiger partial charge is 0.489 e. The van der Waals surface area contributed by atoms with E-state index in [9.17, 15) is 0 Å². The number of anilines is 2. The van der Waals surface area contributed by atoms with Crippen molar-refractivity contribution in [3.05, 3.63) is 94.8 Å². The predicted molar refractivity (Wildman–Crippen MR) is 113 cm³/mol. The quantitative estimate of drug-likeness (QED) is 0.392. The Morgan fingerprint density at radius 1 is 0.926 bits per heavy atom. The highest BCUT2D eigenvalue weighted by molar-refractivity contribution is 7.14. The van der Waals surface area contributed by atoms with Crippen LogP contribution in [0.1, 0.15) is 5.56 Å². The van der Waals surface area contributed by atoms with Crippen molar-refractivity contribution in [1.82, 2.24) is 4.98 Å². The van der Waals surface area contributed by atoms with Crippen LogP contribution in [0.3, 0.4) is 0 Å². The minimum Gasteiger partial charge on any atom is -0.489 e. The highest BCUT2D eigenvalue weighted by Crippen LogP contribution is 2.32. The molecule has 0 atom stereocenters. The smallest absolute Gasteiger partial charge is 0.187 e. The molecule has 0 aliphatic heterocycles. The Kier molecular flexibility index (Phi) is 5.37. The summed E-state index contributed by atoms with van der Waals surface area (Å²) in [7, 11) is 0. The first-order valence-electron chi connectivity index (χ1n) is 8.52. The van der Waals surface area contributed by atoms with Crippen LogP contribution in [0.25, 0.3) is 11.3 Å². The van der Waals surface area contributed by atoms with Crippen LogP contribution in [0.2, 0.25) is 5.02 Å². The summed E-state index contributed by atoms with van der Waals surface area (Å²) in [5.41, 5.74) is 3.87. The van der Waals surface area contributed by atoms with Crippen molar-refractivity contribution in [3.63, 3.8) is 0 Å². The molecule has 4 aromatic rings. The molecule has 1 aromatic heterocycles. The first kappa shape index (κ1) is 17.6. The van der Waals surface area contributed by atoms with Gasteiger partial charge in [0.1, 0.15) is 12.4 Å². The van der Waals surface area contributed by atoms with E-state index in [1.165, 1.54) is 0 Å². The maximum absolute atomic E-state index is 6.26. The zero-order valence-corrected chi connectivity index (χ0v) is 16.0. The summed E-state index contributed by atoms with van der Waals surface area (Å²) >= 11 is 7.80. The highest BCUT2D eigenvalue weighted by atomic mass is 35.5. The molecule has 134 valence electrons. The van der Waals surface area contributed by atoms with E-state index in [0.717, 1.165) is 33.4 Å². The van der Waals surface area contributed by atoms with Crippen LogP contribution in [-0.4, -0.2) is 4.98 Å². The molecule has 0 amide bonds. The van der Waals surface area contributed by atoms with Gasteiger partial charge in [-0.25, -0.2) is 4.98 Å². The van der Waals surface area contributed by atoms with Crippen molar-refractivity contribution < 1.29 is 4.74 Å². The van der Waals surface area contributed by atoms with E-state index < -0.39 is 0 Å². The molecule has 3 nitrogen and oxygen atoms in total. The molecule has 0 aliphatic carbocycles. The van der Waals surface area contributed by atoms with Gasteiger partial charge < -0.3 is 10.1 Å². The molecule has 0 unspecified atom stereocenters. The van der Waals surface area contributed by atoms with Gasteiger partial charge in [0.2, 0.25) is 0 Å². The molecule has 0 saturated heterocycles. The number of rotatable bonds is 6. The predicted octanol–water partition coefficient (Wildman–Crippen LogP) is 6.79. The summed E-state index contributed by atoms with van der Waals surface area (Å²) in [4.78, 5) is 4.64. The average molecular weight is 393 g/mol. The summed E-state index contributed by atoms with van der Waals surface area (Å²) in [6, 6.07) is 25.7. The number of halogens is 1. The maximum atomic E-state index is 6.26. The minimum atomic E-state index is 0.540. The molecule has 1 heterocycles. The molecular formula is C22H17ClN2OS. The average Bonchev–Trinajstić information content (AvgIpc) is 3.16. The molecule has 4 rings (SSSR count). The molecule has 0 radical (unpaired) electrons. The van der Waals surface area contributed by atoms with E-state index in [0.29, 0.717) is 11.6 Å². The molecule has 0 spiro atoms. The Morgan fingerprint density at radius 3 is 2.59 bits per heavy atom. The third-order valence-corrected chi connectivity index (χ3v) is 5.07. The molecule has 1 N–H and O–H groups in total. The number of hydrogen-bond acceptors (Lipinski definition) is 4. The fourth-order valence-electron chi connectivity index (χ4n) is 2.65. The Balaban J connectivity index is 1.45. The second kappa shape index (κ2) is 8.25. The van der Waals surface area contributed by atoms with E-state index in [4.69, 9.17) is 16.3 Å². The number of nitrogens with one attached hydrogen (secondary N) is 1. The molecule has 5 heteroatoms.